The molecule has 0 atom stereocenters. The second-order valence-corrected chi connectivity index (χ2v) is 8.01. The number of carbonyl (C=O) groups is 1. The summed E-state index contributed by atoms with van der Waals surface area (Å²) < 4.78 is 3.72. The van der Waals surface area contributed by atoms with Crippen LogP contribution in [-0.2, 0) is 13.0 Å². The molecule has 1 saturated carbocycles. The predicted molar refractivity (Wildman–Crippen MR) is 108 cm³/mol. The number of fused-ring (bicyclic) bond motifs is 1. The highest BCUT2D eigenvalue weighted by Crippen LogP contribution is 2.27. The van der Waals surface area contributed by atoms with Crippen molar-refractivity contribution < 1.29 is 4.79 Å². The van der Waals surface area contributed by atoms with Crippen LogP contribution in [0.3, 0.4) is 0 Å². The van der Waals surface area contributed by atoms with E-state index in [2.05, 4.69) is 25.4 Å². The molecule has 0 aromatic carbocycles. The molecule has 0 bridgehead atoms. The molecular weight excluding hydrogens is 382 g/mol. The molecule has 0 spiro atoms. The summed E-state index contributed by atoms with van der Waals surface area (Å²) in [6.45, 7) is 1.74. The molecule has 1 amide bonds. The molecule has 0 unspecified atom stereocenters. The lowest BCUT2D eigenvalue weighted by atomic mass is 9.92. The first-order chi connectivity index (χ1) is 14.7. The van der Waals surface area contributed by atoms with Gasteiger partial charge in [0.25, 0.3) is 5.91 Å². The first kappa shape index (κ1) is 18.9. The molecule has 3 aromatic heterocycles. The van der Waals surface area contributed by atoms with Gasteiger partial charge in [0.05, 0.1) is 18.8 Å². The Kier molecular flexibility index (Phi) is 4.99. The Hall–Kier alpha value is -3.14. The Bertz CT molecular complexity index is 995. The van der Waals surface area contributed by atoms with Crippen LogP contribution in [0.25, 0.3) is 11.4 Å². The van der Waals surface area contributed by atoms with E-state index in [9.17, 15) is 4.79 Å². The number of hydrogen-bond acceptors (Lipinski definition) is 7. The summed E-state index contributed by atoms with van der Waals surface area (Å²) >= 11 is 0. The molecule has 2 N–H and O–H groups in total. The van der Waals surface area contributed by atoms with Crippen LogP contribution in [0.2, 0.25) is 0 Å². The summed E-state index contributed by atoms with van der Waals surface area (Å²) in [4.78, 5) is 23.6. The van der Waals surface area contributed by atoms with Crippen molar-refractivity contribution in [1.82, 2.24) is 39.6 Å². The van der Waals surface area contributed by atoms with Crippen molar-refractivity contribution in [2.45, 2.75) is 50.7 Å². The van der Waals surface area contributed by atoms with E-state index in [1.807, 2.05) is 26.4 Å². The van der Waals surface area contributed by atoms with Gasteiger partial charge in [0.1, 0.15) is 5.82 Å². The fourth-order valence-corrected chi connectivity index (χ4v) is 4.20. The third-order valence-electron chi connectivity index (χ3n) is 5.99. The third-order valence-corrected chi connectivity index (χ3v) is 5.99. The summed E-state index contributed by atoms with van der Waals surface area (Å²) in [5, 5.41) is 13.0. The van der Waals surface area contributed by atoms with Gasteiger partial charge in [-0.3, -0.25) is 9.78 Å². The highest BCUT2D eigenvalue weighted by atomic mass is 16.2. The topological polar surface area (TPSA) is 121 Å². The van der Waals surface area contributed by atoms with Crippen LogP contribution >= 0.6 is 0 Å². The fourth-order valence-electron chi connectivity index (χ4n) is 4.20. The maximum atomic E-state index is 13.0. The Morgan fingerprint density at radius 2 is 2.00 bits per heavy atom. The Balaban J connectivity index is 1.25. The minimum atomic E-state index is -0.0907. The lowest BCUT2D eigenvalue weighted by molar-refractivity contribution is 0.0752. The molecule has 0 radical (unpaired) electrons. The van der Waals surface area contributed by atoms with Gasteiger partial charge < -0.3 is 10.6 Å². The van der Waals surface area contributed by atoms with Gasteiger partial charge in [0.15, 0.2) is 11.5 Å². The van der Waals surface area contributed by atoms with E-state index >= 15 is 0 Å². The van der Waals surface area contributed by atoms with Crippen LogP contribution < -0.4 is 5.73 Å². The number of pyridine rings is 1. The number of amides is 1. The number of nitrogens with zero attached hydrogens (tertiary/aromatic N) is 8. The number of rotatable bonds is 3. The van der Waals surface area contributed by atoms with Gasteiger partial charge in [-0.15, -0.1) is 5.10 Å². The van der Waals surface area contributed by atoms with Crippen molar-refractivity contribution in [2.75, 3.05) is 13.1 Å². The van der Waals surface area contributed by atoms with Gasteiger partial charge >= 0.3 is 0 Å². The second-order valence-electron chi connectivity index (χ2n) is 8.01. The van der Waals surface area contributed by atoms with Crippen LogP contribution in [0.4, 0.5) is 0 Å². The lowest BCUT2D eigenvalue weighted by Gasteiger charge is -2.25. The average Bonchev–Trinajstić information content (AvgIpc) is 3.38. The molecule has 3 aromatic rings. The van der Waals surface area contributed by atoms with E-state index in [-0.39, 0.29) is 18.0 Å². The van der Waals surface area contributed by atoms with E-state index in [0.29, 0.717) is 37.6 Å². The zero-order valence-electron chi connectivity index (χ0n) is 16.8. The molecule has 1 fully saturated rings. The first-order valence-electron chi connectivity index (χ1n) is 10.5. The van der Waals surface area contributed by atoms with Crippen LogP contribution in [0.5, 0.6) is 0 Å². The number of hydrogen-bond donors (Lipinski definition) is 1. The summed E-state index contributed by atoms with van der Waals surface area (Å²) in [6.07, 6.45) is 9.85. The highest BCUT2D eigenvalue weighted by Gasteiger charge is 2.26. The zero-order valence-corrected chi connectivity index (χ0v) is 16.8. The minimum Gasteiger partial charge on any atom is -0.335 e. The van der Waals surface area contributed by atoms with Crippen molar-refractivity contribution in [1.29, 1.82) is 0 Å². The molecule has 10 nitrogen and oxygen atoms in total. The van der Waals surface area contributed by atoms with E-state index < -0.39 is 0 Å². The number of nitrogens with two attached hydrogens (primary N) is 1. The van der Waals surface area contributed by atoms with Crippen molar-refractivity contribution in [3.05, 3.63) is 42.2 Å². The fraction of sp³-hybridized carbons (Fsp3) is 0.500. The zero-order chi connectivity index (χ0) is 20.5. The maximum Gasteiger partial charge on any atom is 0.276 e. The molecule has 1 aliphatic carbocycles. The average molecular weight is 407 g/mol. The van der Waals surface area contributed by atoms with Gasteiger partial charge in [0, 0.05) is 43.5 Å². The molecule has 4 heterocycles. The number of carbonyl (C=O) groups excluding carboxylic acids is 1. The molecule has 30 heavy (non-hydrogen) atoms. The van der Waals surface area contributed by atoms with Crippen LogP contribution in [0.15, 0.2) is 30.7 Å². The van der Waals surface area contributed by atoms with Gasteiger partial charge in [-0.25, -0.2) is 14.3 Å². The van der Waals surface area contributed by atoms with Crippen molar-refractivity contribution in [2.24, 2.45) is 5.73 Å². The molecule has 10 heteroatoms. The van der Waals surface area contributed by atoms with Gasteiger partial charge in [-0.2, -0.15) is 5.10 Å². The predicted octanol–water partition coefficient (Wildman–Crippen LogP) is 1.07. The van der Waals surface area contributed by atoms with Crippen molar-refractivity contribution in [3.63, 3.8) is 0 Å². The highest BCUT2D eigenvalue weighted by molar-refractivity contribution is 5.92. The molecule has 1 aliphatic heterocycles. The summed E-state index contributed by atoms with van der Waals surface area (Å²) in [6, 6.07) is 4.38. The van der Waals surface area contributed by atoms with E-state index in [1.54, 1.807) is 18.6 Å². The number of aromatic nitrogens is 7. The monoisotopic (exact) mass is 407 g/mol. The van der Waals surface area contributed by atoms with E-state index in [4.69, 9.17) is 5.73 Å². The van der Waals surface area contributed by atoms with E-state index in [1.165, 1.54) is 0 Å². The molecular formula is C20H25N9O. The largest absolute Gasteiger partial charge is 0.335 e. The Morgan fingerprint density at radius 1 is 1.13 bits per heavy atom. The smallest absolute Gasteiger partial charge is 0.276 e. The quantitative estimate of drug-likeness (QED) is 0.689. The summed E-state index contributed by atoms with van der Waals surface area (Å²) in [7, 11) is 0. The van der Waals surface area contributed by atoms with Crippen LogP contribution in [-0.4, -0.2) is 64.7 Å². The Morgan fingerprint density at radius 3 is 2.80 bits per heavy atom. The third kappa shape index (κ3) is 3.70. The SMILES string of the molecule is NC1CCC(n2cc(C(=O)N3CCc4nc(-c5cccnc5)nn4CC3)nn2)CC1. The first-order valence-corrected chi connectivity index (χ1v) is 10.5. The van der Waals surface area contributed by atoms with E-state index in [0.717, 1.165) is 37.1 Å². The molecule has 5 rings (SSSR count). The normalized spacial score (nSPS) is 21.8. The molecule has 156 valence electrons. The standard InChI is InChI=1S/C20H25N9O/c21-15-3-5-16(6-4-15)29-13-17(24-26-29)20(30)27-9-7-18-23-19(25-28(18)11-10-27)14-2-1-8-22-12-14/h1-2,8,12-13,15-16H,3-7,9-11,21H2. The van der Waals surface area contributed by atoms with Gasteiger partial charge in [-0.1, -0.05) is 5.21 Å². The molecule has 0 saturated heterocycles. The van der Waals surface area contributed by atoms with Crippen molar-refractivity contribution in [3.8, 4) is 11.4 Å². The maximum absolute atomic E-state index is 13.0. The summed E-state index contributed by atoms with van der Waals surface area (Å²) in [5.74, 6) is 1.46. The van der Waals surface area contributed by atoms with Crippen LogP contribution in [0.1, 0.15) is 48.0 Å². The molecule has 2 aliphatic rings. The summed E-state index contributed by atoms with van der Waals surface area (Å²) in [5.41, 5.74) is 7.28. The minimum absolute atomic E-state index is 0.0907. The van der Waals surface area contributed by atoms with Crippen molar-refractivity contribution >= 4 is 5.91 Å². The van der Waals surface area contributed by atoms with Gasteiger partial charge in [0.2, 0.25) is 0 Å². The Labute approximate surface area is 174 Å². The van der Waals surface area contributed by atoms with Crippen LogP contribution in [0, 0.1) is 0 Å². The lowest BCUT2D eigenvalue weighted by Crippen LogP contribution is -2.34. The van der Waals surface area contributed by atoms with Gasteiger partial charge in [-0.05, 0) is 37.8 Å². The second kappa shape index (κ2) is 7.94.